The Balaban J connectivity index is 1.93. The van der Waals surface area contributed by atoms with E-state index in [-0.39, 0.29) is 23.4 Å². The SMILES string of the molecule is CN1C(=O)C([C@H](O)[C@@H](N)CC2CCCCC2)CC1(C)C. The van der Waals surface area contributed by atoms with Gasteiger partial charge in [-0.1, -0.05) is 32.1 Å². The second-order valence-corrected chi connectivity index (χ2v) is 7.41. The lowest BCUT2D eigenvalue weighted by Gasteiger charge is -2.29. The summed E-state index contributed by atoms with van der Waals surface area (Å²) in [5.74, 6) is 0.353. The van der Waals surface area contributed by atoms with Crippen LogP contribution in [-0.4, -0.2) is 40.6 Å². The normalized spacial score (nSPS) is 30.6. The quantitative estimate of drug-likeness (QED) is 0.827. The van der Waals surface area contributed by atoms with Crippen molar-refractivity contribution in [3.05, 3.63) is 0 Å². The van der Waals surface area contributed by atoms with Crippen molar-refractivity contribution >= 4 is 5.91 Å². The van der Waals surface area contributed by atoms with Gasteiger partial charge in [0.1, 0.15) is 0 Å². The van der Waals surface area contributed by atoms with E-state index in [0.717, 1.165) is 6.42 Å². The van der Waals surface area contributed by atoms with Crippen molar-refractivity contribution in [2.75, 3.05) is 7.05 Å². The molecule has 2 fully saturated rings. The smallest absolute Gasteiger partial charge is 0.228 e. The summed E-state index contributed by atoms with van der Waals surface area (Å²) >= 11 is 0. The molecular formula is C16H30N2O2. The molecule has 1 heterocycles. The van der Waals surface area contributed by atoms with Crippen LogP contribution in [0.2, 0.25) is 0 Å². The zero-order chi connectivity index (χ0) is 14.9. The monoisotopic (exact) mass is 282 g/mol. The molecule has 0 aromatic carbocycles. The molecule has 4 nitrogen and oxygen atoms in total. The van der Waals surface area contributed by atoms with Crippen molar-refractivity contribution in [1.82, 2.24) is 4.90 Å². The van der Waals surface area contributed by atoms with Crippen LogP contribution in [0.25, 0.3) is 0 Å². The van der Waals surface area contributed by atoms with Gasteiger partial charge in [0.25, 0.3) is 0 Å². The Hall–Kier alpha value is -0.610. The van der Waals surface area contributed by atoms with E-state index in [4.69, 9.17) is 5.73 Å². The van der Waals surface area contributed by atoms with Crippen LogP contribution in [-0.2, 0) is 4.79 Å². The molecular weight excluding hydrogens is 252 g/mol. The van der Waals surface area contributed by atoms with Crippen LogP contribution in [0.15, 0.2) is 0 Å². The lowest BCUT2D eigenvalue weighted by Crippen LogP contribution is -2.44. The van der Waals surface area contributed by atoms with Gasteiger partial charge in [-0.15, -0.1) is 0 Å². The maximum Gasteiger partial charge on any atom is 0.228 e. The van der Waals surface area contributed by atoms with E-state index in [1.165, 1.54) is 32.1 Å². The Bertz CT molecular complexity index is 350. The number of rotatable bonds is 4. The van der Waals surface area contributed by atoms with Gasteiger partial charge in [0, 0.05) is 18.6 Å². The summed E-state index contributed by atoms with van der Waals surface area (Å²) in [5.41, 5.74) is 6.03. The molecule has 0 aromatic rings. The maximum absolute atomic E-state index is 12.3. The molecule has 0 spiro atoms. The van der Waals surface area contributed by atoms with Crippen LogP contribution < -0.4 is 5.73 Å². The van der Waals surface area contributed by atoms with E-state index in [0.29, 0.717) is 12.3 Å². The first-order valence-electron chi connectivity index (χ1n) is 8.04. The molecule has 1 aliphatic carbocycles. The van der Waals surface area contributed by atoms with Gasteiger partial charge in [0.15, 0.2) is 0 Å². The van der Waals surface area contributed by atoms with Gasteiger partial charge in [0.05, 0.1) is 12.0 Å². The van der Waals surface area contributed by atoms with Crippen molar-refractivity contribution in [2.24, 2.45) is 17.6 Å². The number of aliphatic hydroxyl groups is 1. The number of carbonyl (C=O) groups excluding carboxylic acids is 1. The van der Waals surface area contributed by atoms with E-state index >= 15 is 0 Å². The van der Waals surface area contributed by atoms with Gasteiger partial charge in [-0.2, -0.15) is 0 Å². The van der Waals surface area contributed by atoms with Crippen LogP contribution in [0.3, 0.4) is 0 Å². The molecule has 1 saturated heterocycles. The summed E-state index contributed by atoms with van der Waals surface area (Å²) < 4.78 is 0. The highest BCUT2D eigenvalue weighted by Gasteiger charge is 2.47. The Labute approximate surface area is 122 Å². The second-order valence-electron chi connectivity index (χ2n) is 7.41. The number of hydrogen-bond acceptors (Lipinski definition) is 3. The maximum atomic E-state index is 12.3. The van der Waals surface area contributed by atoms with Crippen molar-refractivity contribution in [2.45, 2.75) is 76.5 Å². The minimum atomic E-state index is -0.700. The molecule has 1 amide bonds. The molecule has 116 valence electrons. The Morgan fingerprint density at radius 1 is 1.35 bits per heavy atom. The summed E-state index contributed by atoms with van der Waals surface area (Å²) in [6.07, 6.45) is 7.20. The van der Waals surface area contributed by atoms with Gasteiger partial charge < -0.3 is 15.7 Å². The summed E-state index contributed by atoms with van der Waals surface area (Å²) in [5, 5.41) is 10.5. The van der Waals surface area contributed by atoms with Crippen LogP contribution in [0.5, 0.6) is 0 Å². The number of likely N-dealkylation sites (tertiary alicyclic amines) is 1. The number of nitrogens with two attached hydrogens (primary N) is 1. The standard InChI is InChI=1S/C16H30N2O2/c1-16(2)10-12(15(20)18(16)3)14(19)13(17)9-11-7-5-4-6-8-11/h11-14,19H,4-10,17H2,1-3H3/t12?,13-,14-/m0/s1. The third-order valence-electron chi connectivity index (χ3n) is 5.46. The predicted octanol–water partition coefficient (Wildman–Crippen LogP) is 1.90. The third-order valence-corrected chi connectivity index (χ3v) is 5.46. The van der Waals surface area contributed by atoms with Gasteiger partial charge >= 0.3 is 0 Å². The molecule has 1 unspecified atom stereocenters. The molecule has 1 aliphatic heterocycles. The largest absolute Gasteiger partial charge is 0.391 e. The van der Waals surface area contributed by atoms with E-state index in [9.17, 15) is 9.90 Å². The zero-order valence-electron chi connectivity index (χ0n) is 13.1. The lowest BCUT2D eigenvalue weighted by molar-refractivity contribution is -0.134. The van der Waals surface area contributed by atoms with E-state index in [1.54, 1.807) is 4.90 Å². The van der Waals surface area contributed by atoms with Gasteiger partial charge in [-0.05, 0) is 32.6 Å². The van der Waals surface area contributed by atoms with E-state index in [1.807, 2.05) is 20.9 Å². The molecule has 1 saturated carbocycles. The number of hydrogen-bond donors (Lipinski definition) is 2. The highest BCUT2D eigenvalue weighted by atomic mass is 16.3. The Kier molecular flexibility index (Phi) is 4.75. The van der Waals surface area contributed by atoms with Crippen molar-refractivity contribution in [1.29, 1.82) is 0 Å². The van der Waals surface area contributed by atoms with Gasteiger partial charge in [-0.3, -0.25) is 4.79 Å². The Morgan fingerprint density at radius 2 is 1.95 bits per heavy atom. The molecule has 2 rings (SSSR count). The fraction of sp³-hybridized carbons (Fsp3) is 0.938. The number of nitrogens with zero attached hydrogens (tertiary/aromatic N) is 1. The number of carbonyl (C=O) groups is 1. The predicted molar refractivity (Wildman–Crippen MR) is 80.1 cm³/mol. The van der Waals surface area contributed by atoms with Crippen LogP contribution in [0, 0.1) is 11.8 Å². The van der Waals surface area contributed by atoms with Crippen molar-refractivity contribution in [3.8, 4) is 0 Å². The summed E-state index contributed by atoms with van der Waals surface area (Å²) in [6.45, 7) is 4.09. The first-order chi connectivity index (χ1) is 9.33. The minimum Gasteiger partial charge on any atom is -0.391 e. The fourth-order valence-electron chi connectivity index (χ4n) is 3.82. The first-order valence-corrected chi connectivity index (χ1v) is 8.04. The fourth-order valence-corrected chi connectivity index (χ4v) is 3.82. The average Bonchev–Trinajstić information content (AvgIpc) is 2.62. The minimum absolute atomic E-state index is 0.0431. The Morgan fingerprint density at radius 3 is 2.45 bits per heavy atom. The lowest BCUT2D eigenvalue weighted by atomic mass is 9.81. The molecule has 2 aliphatic rings. The summed E-state index contributed by atoms with van der Waals surface area (Å²) in [7, 11) is 1.82. The second kappa shape index (κ2) is 6.02. The van der Waals surface area contributed by atoms with Gasteiger partial charge in [-0.25, -0.2) is 0 Å². The zero-order valence-corrected chi connectivity index (χ0v) is 13.1. The molecule has 0 radical (unpaired) electrons. The van der Waals surface area contributed by atoms with E-state index < -0.39 is 6.10 Å². The van der Waals surface area contributed by atoms with Crippen molar-refractivity contribution < 1.29 is 9.90 Å². The topological polar surface area (TPSA) is 66.6 Å². The summed E-state index contributed by atoms with van der Waals surface area (Å²) in [6, 6.07) is -0.269. The highest BCUT2D eigenvalue weighted by molar-refractivity contribution is 5.82. The number of aliphatic hydroxyl groups excluding tert-OH is 1. The molecule has 3 N–H and O–H groups in total. The van der Waals surface area contributed by atoms with Crippen LogP contribution in [0.4, 0.5) is 0 Å². The average molecular weight is 282 g/mol. The van der Waals surface area contributed by atoms with Gasteiger partial charge in [0.2, 0.25) is 5.91 Å². The van der Waals surface area contributed by atoms with E-state index in [2.05, 4.69) is 0 Å². The summed E-state index contributed by atoms with van der Waals surface area (Å²) in [4.78, 5) is 14.0. The molecule has 3 atom stereocenters. The molecule has 0 aromatic heterocycles. The highest BCUT2D eigenvalue weighted by Crippen LogP contribution is 2.36. The molecule has 0 bridgehead atoms. The van der Waals surface area contributed by atoms with Crippen molar-refractivity contribution in [3.63, 3.8) is 0 Å². The van der Waals surface area contributed by atoms with Crippen LogP contribution in [0.1, 0.15) is 58.8 Å². The first kappa shape index (κ1) is 15.8. The third kappa shape index (κ3) is 3.17. The molecule has 20 heavy (non-hydrogen) atoms. The van der Waals surface area contributed by atoms with Crippen LogP contribution >= 0.6 is 0 Å². The number of amides is 1. The molecule has 4 heteroatoms.